The lowest BCUT2D eigenvalue weighted by atomic mass is 9.84. The molecule has 1 saturated carbocycles. The lowest BCUT2D eigenvalue weighted by Gasteiger charge is -2.46. The Morgan fingerprint density at radius 1 is 1.14 bits per heavy atom. The van der Waals surface area contributed by atoms with Crippen LogP contribution in [0.1, 0.15) is 12.8 Å². The number of nitrogens with one attached hydrogen (secondary N) is 1. The van der Waals surface area contributed by atoms with Crippen molar-refractivity contribution in [2.75, 3.05) is 13.2 Å². The summed E-state index contributed by atoms with van der Waals surface area (Å²) in [7, 11) is 0. The van der Waals surface area contributed by atoms with E-state index in [2.05, 4.69) is 5.32 Å². The van der Waals surface area contributed by atoms with Crippen molar-refractivity contribution in [3.63, 3.8) is 0 Å². The van der Waals surface area contributed by atoms with Gasteiger partial charge in [-0.05, 0) is 19.4 Å². The first-order valence-electron chi connectivity index (χ1n) is 9.46. The number of hydrogen-bond donors (Lipinski definition) is 10. The average molecular weight is 424 g/mol. The van der Waals surface area contributed by atoms with Crippen LogP contribution >= 0.6 is 0 Å². The lowest BCUT2D eigenvalue weighted by molar-refractivity contribution is -0.294. The van der Waals surface area contributed by atoms with Gasteiger partial charge in [0.1, 0.15) is 42.7 Å². The van der Waals surface area contributed by atoms with Crippen LogP contribution in [0.5, 0.6) is 0 Å². The minimum Gasteiger partial charge on any atom is -0.394 e. The van der Waals surface area contributed by atoms with Gasteiger partial charge in [-0.15, -0.1) is 0 Å². The standard InChI is InChI=1S/C16H32N4O9/c17-2-1-7(22)15(27)20-6-3-5(18)14(13(26)10(6)23)29-16-9(19)12(25)11(24)8(4-21)28-16/h5-14,16,21-26H,1-4,17-19H2,(H,20,27)/t5-,6+,7-,8+,9+,10-,11+,12+,13+,14+,16+/m0/s1. The summed E-state index contributed by atoms with van der Waals surface area (Å²) in [4.78, 5) is 11.9. The van der Waals surface area contributed by atoms with Crippen LogP contribution in [-0.2, 0) is 14.3 Å². The fourth-order valence-corrected chi connectivity index (χ4v) is 3.53. The predicted molar refractivity (Wildman–Crippen MR) is 96.8 cm³/mol. The third kappa shape index (κ3) is 5.39. The Morgan fingerprint density at radius 2 is 1.79 bits per heavy atom. The summed E-state index contributed by atoms with van der Waals surface area (Å²) in [5.41, 5.74) is 17.1. The summed E-state index contributed by atoms with van der Waals surface area (Å²) in [6, 6.07) is -3.02. The first-order chi connectivity index (χ1) is 13.6. The summed E-state index contributed by atoms with van der Waals surface area (Å²) in [5.74, 6) is -0.751. The maximum absolute atomic E-state index is 11.9. The number of aliphatic hydroxyl groups is 6. The fraction of sp³-hybridized carbons (Fsp3) is 0.938. The zero-order valence-electron chi connectivity index (χ0n) is 15.8. The van der Waals surface area contributed by atoms with Gasteiger partial charge in [0.25, 0.3) is 0 Å². The van der Waals surface area contributed by atoms with E-state index in [9.17, 15) is 35.4 Å². The van der Waals surface area contributed by atoms with Crippen LogP contribution in [0.2, 0.25) is 0 Å². The third-order valence-corrected chi connectivity index (χ3v) is 5.34. The molecular formula is C16H32N4O9. The average Bonchev–Trinajstić information content (AvgIpc) is 2.69. The SMILES string of the molecule is NCC[C@H](O)C(=O)N[C@@H]1C[C@H](N)[C@@H](O[C@H]2O[C@H](CO)[C@@H](O)[C@H](O)[C@H]2N)[C@H](O)[C@H]1O. The van der Waals surface area contributed by atoms with E-state index in [4.69, 9.17) is 26.7 Å². The van der Waals surface area contributed by atoms with Crippen molar-refractivity contribution < 1.29 is 44.9 Å². The van der Waals surface area contributed by atoms with Crippen LogP contribution in [0.4, 0.5) is 0 Å². The number of carbonyl (C=O) groups excluding carboxylic acids is 1. The minimum absolute atomic E-state index is 0.000539. The van der Waals surface area contributed by atoms with E-state index in [0.717, 1.165) is 0 Å². The summed E-state index contributed by atoms with van der Waals surface area (Å²) in [6.45, 7) is -0.511. The van der Waals surface area contributed by atoms with E-state index >= 15 is 0 Å². The number of aliphatic hydroxyl groups excluding tert-OH is 6. The zero-order valence-corrected chi connectivity index (χ0v) is 15.8. The van der Waals surface area contributed by atoms with Crippen LogP contribution in [-0.4, -0.2) is 117 Å². The van der Waals surface area contributed by atoms with Crippen molar-refractivity contribution in [3.05, 3.63) is 0 Å². The Kier molecular flexibility index (Phi) is 8.69. The molecule has 0 aromatic rings. The molecule has 29 heavy (non-hydrogen) atoms. The molecule has 0 unspecified atom stereocenters. The van der Waals surface area contributed by atoms with Crippen molar-refractivity contribution in [2.24, 2.45) is 17.2 Å². The van der Waals surface area contributed by atoms with Crippen molar-refractivity contribution in [1.82, 2.24) is 5.32 Å². The van der Waals surface area contributed by atoms with Gasteiger partial charge in [0.2, 0.25) is 5.91 Å². The van der Waals surface area contributed by atoms with Gasteiger partial charge >= 0.3 is 0 Å². The number of nitrogens with two attached hydrogens (primary N) is 3. The Hall–Kier alpha value is -0.970. The maximum atomic E-state index is 11.9. The second kappa shape index (κ2) is 10.4. The molecule has 0 aromatic heterocycles. The lowest BCUT2D eigenvalue weighted by Crippen LogP contribution is -2.68. The van der Waals surface area contributed by atoms with Crippen LogP contribution in [0.25, 0.3) is 0 Å². The van der Waals surface area contributed by atoms with E-state index in [1.807, 2.05) is 0 Å². The largest absolute Gasteiger partial charge is 0.394 e. The van der Waals surface area contributed by atoms with Crippen molar-refractivity contribution in [1.29, 1.82) is 0 Å². The number of rotatable bonds is 7. The highest BCUT2D eigenvalue weighted by Gasteiger charge is 2.48. The number of hydrogen-bond acceptors (Lipinski definition) is 12. The van der Waals surface area contributed by atoms with Crippen molar-refractivity contribution in [3.8, 4) is 0 Å². The zero-order chi connectivity index (χ0) is 21.9. The van der Waals surface area contributed by atoms with Crippen molar-refractivity contribution in [2.45, 2.75) is 80.0 Å². The predicted octanol–water partition coefficient (Wildman–Crippen LogP) is -6.21. The fourth-order valence-electron chi connectivity index (χ4n) is 3.53. The van der Waals surface area contributed by atoms with Crippen molar-refractivity contribution >= 4 is 5.91 Å². The van der Waals surface area contributed by atoms with Gasteiger partial charge in [-0.1, -0.05) is 0 Å². The molecular weight excluding hydrogens is 392 g/mol. The molecule has 11 atom stereocenters. The molecule has 170 valence electrons. The van der Waals surface area contributed by atoms with Gasteiger partial charge in [0.05, 0.1) is 18.7 Å². The van der Waals surface area contributed by atoms with Crippen LogP contribution in [0.3, 0.4) is 0 Å². The smallest absolute Gasteiger partial charge is 0.249 e. The van der Waals surface area contributed by atoms with Gasteiger partial charge in [0, 0.05) is 6.04 Å². The van der Waals surface area contributed by atoms with E-state index in [1.54, 1.807) is 0 Å². The highest BCUT2D eigenvalue weighted by atomic mass is 16.7. The first kappa shape index (κ1) is 24.3. The summed E-state index contributed by atoms with van der Waals surface area (Å²) in [5, 5.41) is 62.0. The molecule has 1 aliphatic heterocycles. The third-order valence-electron chi connectivity index (χ3n) is 5.34. The van der Waals surface area contributed by atoms with E-state index in [0.29, 0.717) is 0 Å². The molecule has 1 saturated heterocycles. The van der Waals surface area contributed by atoms with Gasteiger partial charge in [-0.3, -0.25) is 4.79 Å². The normalized spacial score (nSPS) is 44.3. The Balaban J connectivity index is 2.02. The highest BCUT2D eigenvalue weighted by molar-refractivity contribution is 5.80. The topological polar surface area (TPSA) is 247 Å². The van der Waals surface area contributed by atoms with Gasteiger partial charge in [-0.25, -0.2) is 0 Å². The highest BCUT2D eigenvalue weighted by Crippen LogP contribution is 2.27. The van der Waals surface area contributed by atoms with E-state index in [1.165, 1.54) is 0 Å². The van der Waals surface area contributed by atoms with E-state index < -0.39 is 79.7 Å². The molecule has 13 nitrogen and oxygen atoms in total. The molecule has 1 heterocycles. The molecule has 13 heteroatoms. The van der Waals surface area contributed by atoms with Gasteiger partial charge < -0.3 is 62.6 Å². The molecule has 0 aromatic carbocycles. The molecule has 13 N–H and O–H groups in total. The molecule has 0 radical (unpaired) electrons. The molecule has 1 amide bonds. The van der Waals surface area contributed by atoms with Crippen LogP contribution in [0.15, 0.2) is 0 Å². The molecule has 0 spiro atoms. The Labute approximate surface area is 167 Å². The minimum atomic E-state index is -1.55. The first-order valence-corrected chi connectivity index (χ1v) is 9.46. The molecule has 2 fully saturated rings. The molecule has 2 aliphatic rings. The molecule has 2 rings (SSSR count). The second-order valence-electron chi connectivity index (χ2n) is 7.47. The molecule has 1 aliphatic carbocycles. The Morgan fingerprint density at radius 3 is 2.38 bits per heavy atom. The van der Waals surface area contributed by atoms with Gasteiger partial charge in [0.15, 0.2) is 6.29 Å². The number of carbonyl (C=O) groups is 1. The second-order valence-corrected chi connectivity index (χ2v) is 7.47. The van der Waals surface area contributed by atoms with Crippen LogP contribution < -0.4 is 22.5 Å². The van der Waals surface area contributed by atoms with E-state index in [-0.39, 0.29) is 19.4 Å². The van der Waals surface area contributed by atoms with Crippen LogP contribution in [0, 0.1) is 0 Å². The number of ether oxygens (including phenoxy) is 2. The summed E-state index contributed by atoms with van der Waals surface area (Å²) < 4.78 is 10.9. The molecule has 0 bridgehead atoms. The monoisotopic (exact) mass is 424 g/mol. The van der Waals surface area contributed by atoms with Gasteiger partial charge in [-0.2, -0.15) is 0 Å². The quantitative estimate of drug-likeness (QED) is 0.183. The Bertz CT molecular complexity index is 543. The number of amides is 1. The summed E-state index contributed by atoms with van der Waals surface area (Å²) >= 11 is 0. The maximum Gasteiger partial charge on any atom is 0.249 e. The summed E-state index contributed by atoms with van der Waals surface area (Å²) in [6.07, 6.45) is -10.9.